The molecule has 2 aromatic carbocycles. The van der Waals surface area contributed by atoms with E-state index in [-0.39, 0.29) is 40.6 Å². The molecule has 0 aromatic heterocycles. The summed E-state index contributed by atoms with van der Waals surface area (Å²) in [5, 5.41) is 14.8. The van der Waals surface area contributed by atoms with Crippen LogP contribution in [0, 0.1) is 0 Å². The third-order valence-corrected chi connectivity index (χ3v) is 5.03. The fourth-order valence-electron chi connectivity index (χ4n) is 2.87. The number of carbonyl (C=O) groups excluding carboxylic acids is 2. The van der Waals surface area contributed by atoms with Crippen LogP contribution in [-0.4, -0.2) is 49.7 Å². The first-order valence-corrected chi connectivity index (χ1v) is 10.0. The van der Waals surface area contributed by atoms with Gasteiger partial charge in [0.05, 0.1) is 29.8 Å². The minimum Gasteiger partial charge on any atom is -0.496 e. The lowest BCUT2D eigenvalue weighted by Crippen LogP contribution is -2.41. The summed E-state index contributed by atoms with van der Waals surface area (Å²) in [7, 11) is 2.88. The molecule has 2 rings (SSSR count). The lowest BCUT2D eigenvalue weighted by molar-refractivity contribution is -0.139. The number of aliphatic carboxylic acids is 1. The number of carboxylic acid groups (broad SMARTS) is 1. The molecule has 0 unspecified atom stereocenters. The van der Waals surface area contributed by atoms with Gasteiger partial charge < -0.3 is 25.2 Å². The second-order valence-electron chi connectivity index (χ2n) is 6.40. The van der Waals surface area contributed by atoms with Crippen LogP contribution in [0.1, 0.15) is 33.6 Å². The first kappa shape index (κ1) is 24.3. The highest BCUT2D eigenvalue weighted by atomic mass is 35.5. The fraction of sp³-hybridized carbons (Fsp3) is 0.286. The van der Waals surface area contributed by atoms with Gasteiger partial charge in [0, 0.05) is 6.54 Å². The highest BCUT2D eigenvalue weighted by molar-refractivity contribution is 6.39. The van der Waals surface area contributed by atoms with Gasteiger partial charge >= 0.3 is 5.97 Å². The molecule has 0 fully saturated rings. The summed E-state index contributed by atoms with van der Waals surface area (Å²) in [5.74, 6) is -1.62. The number of carbonyl (C=O) groups is 3. The number of hydrogen-bond donors (Lipinski definition) is 3. The first-order chi connectivity index (χ1) is 14.8. The van der Waals surface area contributed by atoms with Gasteiger partial charge in [-0.3, -0.25) is 9.59 Å². The number of nitrogens with one attached hydrogen (secondary N) is 2. The van der Waals surface area contributed by atoms with Crippen LogP contribution in [0.2, 0.25) is 10.0 Å². The van der Waals surface area contributed by atoms with Crippen molar-refractivity contribution in [3.63, 3.8) is 0 Å². The third-order valence-electron chi connectivity index (χ3n) is 4.40. The molecule has 0 heterocycles. The smallest absolute Gasteiger partial charge is 0.326 e. The lowest BCUT2D eigenvalue weighted by Gasteiger charge is -2.16. The van der Waals surface area contributed by atoms with Crippen molar-refractivity contribution in [3.05, 3.63) is 57.6 Å². The number of carboxylic acids is 1. The van der Waals surface area contributed by atoms with E-state index in [0.29, 0.717) is 11.5 Å². The Morgan fingerprint density at radius 2 is 1.48 bits per heavy atom. The van der Waals surface area contributed by atoms with Crippen LogP contribution in [0.4, 0.5) is 0 Å². The van der Waals surface area contributed by atoms with Crippen LogP contribution in [-0.2, 0) is 4.79 Å². The minimum atomic E-state index is -1.21. The Bertz CT molecular complexity index is 924. The van der Waals surface area contributed by atoms with Crippen molar-refractivity contribution in [1.29, 1.82) is 0 Å². The third kappa shape index (κ3) is 6.26. The lowest BCUT2D eigenvalue weighted by atomic mass is 10.1. The maximum atomic E-state index is 12.5. The van der Waals surface area contributed by atoms with E-state index >= 15 is 0 Å². The van der Waals surface area contributed by atoms with Crippen LogP contribution < -0.4 is 20.1 Å². The Kier molecular flexibility index (Phi) is 8.96. The quantitative estimate of drug-likeness (QED) is 0.460. The molecule has 1 atom stereocenters. The van der Waals surface area contributed by atoms with Crippen molar-refractivity contribution in [2.24, 2.45) is 0 Å². The molecular weight excluding hydrogens is 447 g/mol. The van der Waals surface area contributed by atoms with E-state index in [1.807, 2.05) is 0 Å². The molecule has 0 spiro atoms. The molecule has 0 bridgehead atoms. The summed E-state index contributed by atoms with van der Waals surface area (Å²) in [6.45, 7) is 0.173. The average molecular weight is 469 g/mol. The van der Waals surface area contributed by atoms with Gasteiger partial charge in [0.2, 0.25) is 0 Å². The van der Waals surface area contributed by atoms with Crippen molar-refractivity contribution in [3.8, 4) is 11.5 Å². The number of amides is 2. The molecule has 0 radical (unpaired) electrons. The maximum Gasteiger partial charge on any atom is 0.326 e. The number of rotatable bonds is 10. The van der Waals surface area contributed by atoms with E-state index in [9.17, 15) is 19.5 Å². The highest BCUT2D eigenvalue weighted by Gasteiger charge is 2.23. The maximum absolute atomic E-state index is 12.5. The Balaban J connectivity index is 1.96. The molecule has 0 aliphatic rings. The number of benzene rings is 2. The minimum absolute atomic E-state index is 0.00801. The summed E-state index contributed by atoms with van der Waals surface area (Å²) in [6.07, 6.45) is 0.364. The molecule has 0 saturated carbocycles. The first-order valence-electron chi connectivity index (χ1n) is 9.27. The van der Waals surface area contributed by atoms with Crippen LogP contribution in [0.5, 0.6) is 11.5 Å². The second-order valence-corrected chi connectivity index (χ2v) is 7.21. The van der Waals surface area contributed by atoms with Crippen molar-refractivity contribution >= 4 is 41.0 Å². The molecule has 2 amide bonds. The number of ether oxygens (including phenoxy) is 2. The Morgan fingerprint density at radius 3 is 2.00 bits per heavy atom. The van der Waals surface area contributed by atoms with Gasteiger partial charge in [-0.2, -0.15) is 0 Å². The molecule has 0 aliphatic carbocycles. The predicted octanol–water partition coefficient (Wildman–Crippen LogP) is 3.40. The summed E-state index contributed by atoms with van der Waals surface area (Å²) < 4.78 is 10.4. The second kappa shape index (κ2) is 11.4. The monoisotopic (exact) mass is 468 g/mol. The zero-order valence-electron chi connectivity index (χ0n) is 16.9. The van der Waals surface area contributed by atoms with Gasteiger partial charge in [-0.25, -0.2) is 4.79 Å². The average Bonchev–Trinajstić information content (AvgIpc) is 2.74. The van der Waals surface area contributed by atoms with E-state index in [4.69, 9.17) is 32.7 Å². The van der Waals surface area contributed by atoms with Crippen LogP contribution >= 0.6 is 23.2 Å². The van der Waals surface area contributed by atoms with E-state index in [2.05, 4.69) is 10.6 Å². The Morgan fingerprint density at radius 1 is 0.935 bits per heavy atom. The molecule has 2 aromatic rings. The van der Waals surface area contributed by atoms with E-state index in [1.165, 1.54) is 26.4 Å². The van der Waals surface area contributed by atoms with Crippen molar-refractivity contribution < 1.29 is 29.0 Å². The van der Waals surface area contributed by atoms with E-state index in [0.717, 1.165) is 0 Å². The molecule has 3 N–H and O–H groups in total. The summed E-state index contributed by atoms with van der Waals surface area (Å²) in [6, 6.07) is 8.33. The van der Waals surface area contributed by atoms with Gasteiger partial charge in [0.1, 0.15) is 23.1 Å². The summed E-state index contributed by atoms with van der Waals surface area (Å²) >= 11 is 12.0. The molecular formula is C21H22Cl2N2O6. The zero-order valence-corrected chi connectivity index (χ0v) is 18.4. The van der Waals surface area contributed by atoms with Crippen LogP contribution in [0.3, 0.4) is 0 Å². The Hall–Kier alpha value is -2.97. The number of halogens is 2. The van der Waals surface area contributed by atoms with Gasteiger partial charge in [-0.1, -0.05) is 35.3 Å². The molecule has 166 valence electrons. The summed E-state index contributed by atoms with van der Waals surface area (Å²) in [5.41, 5.74) is 0.248. The number of hydrogen-bond acceptors (Lipinski definition) is 5. The topological polar surface area (TPSA) is 114 Å². The Labute approximate surface area is 189 Å². The fourth-order valence-corrected chi connectivity index (χ4v) is 3.44. The van der Waals surface area contributed by atoms with Crippen molar-refractivity contribution in [1.82, 2.24) is 10.6 Å². The largest absolute Gasteiger partial charge is 0.496 e. The summed E-state index contributed by atoms with van der Waals surface area (Å²) in [4.78, 5) is 36.5. The zero-order chi connectivity index (χ0) is 23.0. The van der Waals surface area contributed by atoms with E-state index < -0.39 is 23.8 Å². The van der Waals surface area contributed by atoms with Gasteiger partial charge in [0.15, 0.2) is 0 Å². The standard InChI is InChI=1S/C21H22Cl2N2O6/c1-30-15-9-4-10-16(31-2)18(15)19(26)24-11-5-8-14(21(28)29)25-20(27)17-12(22)6-3-7-13(17)23/h3-4,6-7,9-10,14H,5,8,11H2,1-2H3,(H,24,26)(H,25,27)(H,28,29)/t14-/m0/s1. The van der Waals surface area contributed by atoms with E-state index in [1.54, 1.807) is 24.3 Å². The molecule has 0 saturated heterocycles. The van der Waals surface area contributed by atoms with Gasteiger partial charge in [0.25, 0.3) is 11.8 Å². The molecule has 0 aliphatic heterocycles. The van der Waals surface area contributed by atoms with Gasteiger partial charge in [-0.15, -0.1) is 0 Å². The predicted molar refractivity (Wildman–Crippen MR) is 116 cm³/mol. The van der Waals surface area contributed by atoms with Gasteiger partial charge in [-0.05, 0) is 37.1 Å². The van der Waals surface area contributed by atoms with Crippen molar-refractivity contribution in [2.45, 2.75) is 18.9 Å². The molecule has 10 heteroatoms. The molecule has 31 heavy (non-hydrogen) atoms. The van der Waals surface area contributed by atoms with Crippen molar-refractivity contribution in [2.75, 3.05) is 20.8 Å². The van der Waals surface area contributed by atoms with Crippen LogP contribution in [0.25, 0.3) is 0 Å². The van der Waals surface area contributed by atoms with Crippen LogP contribution in [0.15, 0.2) is 36.4 Å². The molecule has 8 nitrogen and oxygen atoms in total. The highest BCUT2D eigenvalue weighted by Crippen LogP contribution is 2.28. The SMILES string of the molecule is COc1cccc(OC)c1C(=O)NCCC[C@H](NC(=O)c1c(Cl)cccc1Cl)C(=O)O. The normalized spacial score (nSPS) is 11.4. The number of methoxy groups -OCH3 is 2.